The molecule has 0 saturated heterocycles. The molecule has 3 nitrogen and oxygen atoms in total. The zero-order valence-electron chi connectivity index (χ0n) is 10.6. The fourth-order valence-corrected chi connectivity index (χ4v) is 4.43. The molecule has 106 valence electrons. The van der Waals surface area contributed by atoms with E-state index in [1.54, 1.807) is 12.1 Å². The van der Waals surface area contributed by atoms with Crippen LogP contribution in [0.15, 0.2) is 50.7 Å². The van der Waals surface area contributed by atoms with Crippen LogP contribution in [0.4, 0.5) is 5.69 Å². The highest BCUT2D eigenvalue weighted by atomic mass is 127. The number of benzene rings is 2. The van der Waals surface area contributed by atoms with E-state index in [4.69, 9.17) is 0 Å². The number of rotatable bonds is 1. The second-order valence-electron chi connectivity index (χ2n) is 4.39. The summed E-state index contributed by atoms with van der Waals surface area (Å²) in [6.07, 6.45) is 1.71. The Morgan fingerprint density at radius 1 is 1.29 bits per heavy atom. The molecular weight excluding hydrogens is 465 g/mol. The summed E-state index contributed by atoms with van der Waals surface area (Å²) in [6, 6.07) is 11.3. The molecule has 1 amide bonds. The lowest BCUT2D eigenvalue weighted by atomic mass is 10.2. The number of thioether (sulfide) groups is 1. The molecule has 0 unspecified atom stereocenters. The molecule has 0 radical (unpaired) electrons. The molecule has 1 aliphatic rings. The first kappa shape index (κ1) is 14.9. The van der Waals surface area contributed by atoms with Gasteiger partial charge >= 0.3 is 0 Å². The normalized spacial score (nSPS) is 15.7. The van der Waals surface area contributed by atoms with Crippen LogP contribution in [0.2, 0.25) is 0 Å². The lowest BCUT2D eigenvalue weighted by Crippen LogP contribution is -2.17. The minimum Gasteiger partial charge on any atom is -0.506 e. The number of phenols is 1. The van der Waals surface area contributed by atoms with Gasteiger partial charge in [-0.1, -0.05) is 39.8 Å². The minimum atomic E-state index is -0.159. The highest BCUT2D eigenvalue weighted by Gasteiger charge is 2.21. The summed E-state index contributed by atoms with van der Waals surface area (Å²) < 4.78 is 1.59. The van der Waals surface area contributed by atoms with Crippen LogP contribution in [0.5, 0.6) is 5.75 Å². The number of carbonyl (C=O) groups is 1. The largest absolute Gasteiger partial charge is 0.506 e. The van der Waals surface area contributed by atoms with E-state index in [2.05, 4.69) is 43.8 Å². The molecule has 2 N–H and O–H groups in total. The van der Waals surface area contributed by atoms with Gasteiger partial charge in [-0.15, -0.1) is 0 Å². The van der Waals surface area contributed by atoms with Gasteiger partial charge in [-0.25, -0.2) is 0 Å². The summed E-state index contributed by atoms with van der Waals surface area (Å²) in [6.45, 7) is 0. The van der Waals surface area contributed by atoms with Crippen LogP contribution < -0.4 is 5.32 Å². The van der Waals surface area contributed by atoms with E-state index >= 15 is 0 Å². The molecule has 0 aromatic heterocycles. The van der Waals surface area contributed by atoms with Crippen molar-refractivity contribution in [3.8, 4) is 5.75 Å². The molecule has 1 aliphatic heterocycles. The summed E-state index contributed by atoms with van der Waals surface area (Å²) in [5.41, 5.74) is 1.43. The summed E-state index contributed by atoms with van der Waals surface area (Å²) in [7, 11) is 0. The predicted molar refractivity (Wildman–Crippen MR) is 97.4 cm³/mol. The average molecular weight is 474 g/mol. The Labute approximate surface area is 148 Å². The van der Waals surface area contributed by atoms with Crippen LogP contribution in [-0.4, -0.2) is 11.0 Å². The van der Waals surface area contributed by atoms with Crippen molar-refractivity contribution < 1.29 is 9.90 Å². The van der Waals surface area contributed by atoms with E-state index in [1.807, 2.05) is 30.3 Å². The van der Waals surface area contributed by atoms with Gasteiger partial charge in [0.05, 0.1) is 14.2 Å². The maximum atomic E-state index is 12.1. The highest BCUT2D eigenvalue weighted by molar-refractivity contribution is 14.1. The van der Waals surface area contributed by atoms with Gasteiger partial charge in [0.15, 0.2) is 0 Å². The summed E-state index contributed by atoms with van der Waals surface area (Å²) in [4.78, 5) is 13.7. The van der Waals surface area contributed by atoms with Crippen molar-refractivity contribution in [2.75, 3.05) is 5.32 Å². The Morgan fingerprint density at radius 2 is 2.05 bits per heavy atom. The molecule has 0 atom stereocenters. The minimum absolute atomic E-state index is 0.159. The van der Waals surface area contributed by atoms with Crippen molar-refractivity contribution in [2.24, 2.45) is 0 Å². The fraction of sp³-hybridized carbons (Fsp3) is 0. The van der Waals surface area contributed by atoms with E-state index in [1.165, 1.54) is 11.8 Å². The second kappa shape index (κ2) is 6.02. The first-order valence-corrected chi connectivity index (χ1v) is 8.71. The molecule has 2 aromatic carbocycles. The van der Waals surface area contributed by atoms with E-state index in [-0.39, 0.29) is 11.7 Å². The van der Waals surface area contributed by atoms with Crippen LogP contribution in [0, 0.1) is 3.57 Å². The molecule has 21 heavy (non-hydrogen) atoms. The van der Waals surface area contributed by atoms with E-state index < -0.39 is 0 Å². The van der Waals surface area contributed by atoms with E-state index in [0.717, 1.165) is 18.6 Å². The van der Waals surface area contributed by atoms with Crippen molar-refractivity contribution in [3.05, 3.63) is 54.9 Å². The number of hydrogen-bond donors (Lipinski definition) is 2. The number of fused-ring (bicyclic) bond motifs is 1. The number of halogens is 2. The van der Waals surface area contributed by atoms with Crippen LogP contribution in [-0.2, 0) is 4.79 Å². The molecule has 6 heteroatoms. The summed E-state index contributed by atoms with van der Waals surface area (Å²) >= 11 is 6.86. The number of aromatic hydroxyl groups is 1. The topological polar surface area (TPSA) is 49.3 Å². The number of anilines is 1. The number of para-hydroxylation sites is 1. The second-order valence-corrected chi connectivity index (χ2v) is 7.55. The number of nitrogens with one attached hydrogen (secondary N) is 1. The van der Waals surface area contributed by atoms with Gasteiger partial charge in [0.1, 0.15) is 5.75 Å². The maximum absolute atomic E-state index is 12.1. The van der Waals surface area contributed by atoms with Crippen LogP contribution in [0.25, 0.3) is 6.08 Å². The van der Waals surface area contributed by atoms with E-state index in [9.17, 15) is 9.90 Å². The molecule has 3 rings (SSSR count). The van der Waals surface area contributed by atoms with Gasteiger partial charge in [0.2, 0.25) is 0 Å². The molecule has 0 bridgehead atoms. The van der Waals surface area contributed by atoms with Gasteiger partial charge in [-0.3, -0.25) is 4.79 Å². The zero-order valence-corrected chi connectivity index (χ0v) is 15.1. The quantitative estimate of drug-likeness (QED) is 0.460. The first-order chi connectivity index (χ1) is 10.0. The smallest absolute Gasteiger partial charge is 0.262 e. The van der Waals surface area contributed by atoms with Crippen LogP contribution in [0.3, 0.4) is 0 Å². The number of amides is 1. The molecule has 2 aromatic rings. The molecule has 0 saturated carbocycles. The highest BCUT2D eigenvalue weighted by Crippen LogP contribution is 2.40. The molecular formula is C15H9BrINO2S. The molecule has 0 aliphatic carbocycles. The standard InChI is InChI=1S/C15H9BrINO2S/c16-9-5-8(14(19)10(17)7-9)6-13-15(20)18-11-3-1-2-4-12(11)21-13/h1-7,19H,(H,18,20)/b13-6-. The predicted octanol–water partition coefficient (Wildman–Crippen LogP) is 4.84. The Bertz CT molecular complexity index is 776. The third-order valence-electron chi connectivity index (χ3n) is 2.92. The van der Waals surface area contributed by atoms with Gasteiger partial charge in [-0.2, -0.15) is 0 Å². The third-order valence-corrected chi connectivity index (χ3v) is 5.30. The Morgan fingerprint density at radius 3 is 2.86 bits per heavy atom. The monoisotopic (exact) mass is 473 g/mol. The van der Waals surface area contributed by atoms with Crippen LogP contribution >= 0.6 is 50.3 Å². The molecule has 1 heterocycles. The first-order valence-electron chi connectivity index (χ1n) is 6.02. The van der Waals surface area contributed by atoms with Gasteiger partial charge in [0.25, 0.3) is 5.91 Å². The van der Waals surface area contributed by atoms with Crippen molar-refractivity contribution in [1.82, 2.24) is 0 Å². The lowest BCUT2D eigenvalue weighted by Gasteiger charge is -2.18. The number of carbonyl (C=O) groups excluding carboxylic acids is 1. The molecule has 0 spiro atoms. The van der Waals surface area contributed by atoms with Gasteiger partial charge < -0.3 is 10.4 Å². The third kappa shape index (κ3) is 3.12. The summed E-state index contributed by atoms with van der Waals surface area (Å²) in [5.74, 6) is 0.0200. The lowest BCUT2D eigenvalue weighted by molar-refractivity contribution is -0.112. The van der Waals surface area contributed by atoms with Crippen molar-refractivity contribution in [2.45, 2.75) is 4.90 Å². The average Bonchev–Trinajstić information content (AvgIpc) is 2.45. The zero-order chi connectivity index (χ0) is 15.0. The maximum Gasteiger partial charge on any atom is 0.262 e. The number of phenolic OH excluding ortho intramolecular Hbond substituents is 1. The SMILES string of the molecule is O=C1Nc2ccccc2S/C1=C\c1cc(Br)cc(I)c1O. The van der Waals surface area contributed by atoms with E-state index in [0.29, 0.717) is 10.5 Å². The summed E-state index contributed by atoms with van der Waals surface area (Å²) in [5, 5.41) is 13.0. The van der Waals surface area contributed by atoms with Crippen molar-refractivity contribution >= 4 is 68.0 Å². The number of hydrogen-bond acceptors (Lipinski definition) is 3. The Hall–Kier alpha value is -0.990. The van der Waals surface area contributed by atoms with Crippen molar-refractivity contribution in [1.29, 1.82) is 0 Å². The molecule has 0 fully saturated rings. The van der Waals surface area contributed by atoms with Crippen molar-refractivity contribution in [3.63, 3.8) is 0 Å². The van der Waals surface area contributed by atoms with Gasteiger partial charge in [0, 0.05) is 14.9 Å². The van der Waals surface area contributed by atoms with Crippen LogP contribution in [0.1, 0.15) is 5.56 Å². The fourth-order valence-electron chi connectivity index (χ4n) is 1.94. The Kier molecular flexibility index (Phi) is 4.28. The Balaban J connectivity index is 2.03. The van der Waals surface area contributed by atoms with Gasteiger partial charge in [-0.05, 0) is 52.9 Å².